The van der Waals surface area contributed by atoms with Crippen molar-refractivity contribution in [1.29, 1.82) is 0 Å². The van der Waals surface area contributed by atoms with E-state index in [0.717, 1.165) is 39.0 Å². The molecule has 1 aromatic heterocycles. The minimum atomic E-state index is -0.360. The summed E-state index contributed by atoms with van der Waals surface area (Å²) in [6.07, 6.45) is 0.703. The Hall–Kier alpha value is -3.31. The largest absolute Gasteiger partial charge is 0.356 e. The molecule has 1 atom stereocenters. The summed E-state index contributed by atoms with van der Waals surface area (Å²) in [7, 11) is 0. The number of amides is 2. The van der Waals surface area contributed by atoms with Crippen LogP contribution in [0, 0.1) is 12.7 Å². The van der Waals surface area contributed by atoms with Crippen LogP contribution in [0.15, 0.2) is 66.7 Å². The summed E-state index contributed by atoms with van der Waals surface area (Å²) >= 11 is 6.24. The number of aryl methyl sites for hydroxylation is 1. The van der Waals surface area contributed by atoms with Crippen molar-refractivity contribution in [2.45, 2.75) is 19.4 Å². The number of aromatic nitrogens is 1. The first-order chi connectivity index (χ1) is 15.0. The van der Waals surface area contributed by atoms with Crippen LogP contribution in [0.2, 0.25) is 5.02 Å². The Balaban J connectivity index is 1.58. The van der Waals surface area contributed by atoms with Crippen LogP contribution in [0.3, 0.4) is 0 Å². The summed E-state index contributed by atoms with van der Waals surface area (Å²) in [6.45, 7) is 2.54. The quantitative estimate of drug-likeness (QED) is 0.375. The summed E-state index contributed by atoms with van der Waals surface area (Å²) in [4.78, 5) is 18.6. The molecule has 1 aliphatic rings. The van der Waals surface area contributed by atoms with Gasteiger partial charge >= 0.3 is 6.03 Å². The second-order valence-electron chi connectivity index (χ2n) is 7.90. The number of benzene rings is 3. The van der Waals surface area contributed by atoms with E-state index >= 15 is 0 Å². The number of carbonyl (C=O) groups is 1. The van der Waals surface area contributed by atoms with Crippen LogP contribution < -0.4 is 5.32 Å². The fraction of sp³-hybridized carbons (Fsp3) is 0.160. The lowest BCUT2D eigenvalue weighted by Crippen LogP contribution is -2.43. The molecule has 2 amide bonds. The highest BCUT2D eigenvalue weighted by atomic mass is 35.5. The highest BCUT2D eigenvalue weighted by Gasteiger charge is 2.34. The molecule has 4 aromatic rings. The molecule has 0 aliphatic carbocycles. The maximum absolute atomic E-state index is 13.6. The fourth-order valence-electron chi connectivity index (χ4n) is 4.30. The van der Waals surface area contributed by atoms with Crippen molar-refractivity contribution in [2.75, 3.05) is 11.9 Å². The number of urea groups is 1. The molecule has 0 saturated heterocycles. The first kappa shape index (κ1) is 19.6. The molecule has 0 bridgehead atoms. The normalized spacial score (nSPS) is 15.7. The van der Waals surface area contributed by atoms with Crippen LogP contribution in [-0.2, 0) is 6.42 Å². The van der Waals surface area contributed by atoms with Gasteiger partial charge in [0.05, 0.1) is 6.04 Å². The monoisotopic (exact) mass is 433 g/mol. The zero-order valence-corrected chi connectivity index (χ0v) is 17.7. The van der Waals surface area contributed by atoms with Gasteiger partial charge in [-0.1, -0.05) is 41.4 Å². The third-order valence-corrected chi connectivity index (χ3v) is 6.07. The first-order valence-corrected chi connectivity index (χ1v) is 10.6. The number of aromatic amines is 1. The van der Waals surface area contributed by atoms with Crippen molar-refractivity contribution in [3.8, 4) is 0 Å². The van der Waals surface area contributed by atoms with Crippen LogP contribution in [0.1, 0.15) is 28.4 Å². The van der Waals surface area contributed by atoms with E-state index in [1.54, 1.807) is 17.0 Å². The molecule has 0 fully saturated rings. The van der Waals surface area contributed by atoms with Gasteiger partial charge in [0.15, 0.2) is 0 Å². The lowest BCUT2D eigenvalue weighted by molar-refractivity contribution is 0.193. The van der Waals surface area contributed by atoms with Crippen LogP contribution in [0.25, 0.3) is 10.9 Å². The summed E-state index contributed by atoms with van der Waals surface area (Å²) in [5.41, 5.74) is 5.77. The summed E-state index contributed by atoms with van der Waals surface area (Å²) in [6, 6.07) is 19.2. The Morgan fingerprint density at radius 1 is 1.10 bits per heavy atom. The van der Waals surface area contributed by atoms with E-state index in [0.29, 0.717) is 18.0 Å². The first-order valence-electron chi connectivity index (χ1n) is 10.2. The number of hydrogen-bond acceptors (Lipinski definition) is 1. The molecule has 3 aromatic carbocycles. The Morgan fingerprint density at radius 3 is 2.58 bits per heavy atom. The number of carbonyl (C=O) groups excluding carboxylic acids is 1. The van der Waals surface area contributed by atoms with Gasteiger partial charge in [-0.25, -0.2) is 9.18 Å². The molecule has 2 heterocycles. The van der Waals surface area contributed by atoms with Crippen LogP contribution in [0.4, 0.5) is 14.9 Å². The van der Waals surface area contributed by atoms with Gasteiger partial charge in [0.2, 0.25) is 0 Å². The molecule has 1 aliphatic heterocycles. The molecule has 0 spiro atoms. The highest BCUT2D eigenvalue weighted by Crippen LogP contribution is 2.39. The van der Waals surface area contributed by atoms with Gasteiger partial charge in [-0.15, -0.1) is 0 Å². The standard InChI is InChI=1S/C25H21ClFN3O/c1-15-2-9-19(10-3-15)28-25(31)30-13-12-20-21-14-17(26)6-11-22(21)29-23(20)24(30)16-4-7-18(27)8-5-16/h2-11,14,24,29H,12-13H2,1H3,(H,28,31). The molecular weight excluding hydrogens is 413 g/mol. The molecule has 5 rings (SSSR count). The van der Waals surface area contributed by atoms with Crippen LogP contribution in [-0.4, -0.2) is 22.5 Å². The lowest BCUT2D eigenvalue weighted by atomic mass is 9.92. The Kier molecular flexibility index (Phi) is 4.91. The number of rotatable bonds is 2. The van der Waals surface area contributed by atoms with E-state index in [4.69, 9.17) is 11.6 Å². The zero-order chi connectivity index (χ0) is 21.5. The van der Waals surface area contributed by atoms with Gasteiger partial charge in [-0.3, -0.25) is 0 Å². The van der Waals surface area contributed by atoms with E-state index in [9.17, 15) is 9.18 Å². The van der Waals surface area contributed by atoms with Crippen molar-refractivity contribution in [2.24, 2.45) is 0 Å². The summed E-state index contributed by atoms with van der Waals surface area (Å²) in [5, 5.41) is 4.74. The molecule has 4 nitrogen and oxygen atoms in total. The number of nitrogens with one attached hydrogen (secondary N) is 2. The molecule has 0 saturated carbocycles. The zero-order valence-electron chi connectivity index (χ0n) is 17.0. The summed E-state index contributed by atoms with van der Waals surface area (Å²) < 4.78 is 13.6. The van der Waals surface area contributed by atoms with Gasteiger partial charge in [0, 0.05) is 33.9 Å². The van der Waals surface area contributed by atoms with E-state index in [2.05, 4.69) is 10.3 Å². The predicted octanol–water partition coefficient (Wildman–Crippen LogP) is 6.45. The molecule has 0 radical (unpaired) electrons. The van der Waals surface area contributed by atoms with Crippen molar-refractivity contribution >= 4 is 34.2 Å². The third kappa shape index (κ3) is 3.66. The third-order valence-electron chi connectivity index (χ3n) is 5.84. The van der Waals surface area contributed by atoms with E-state index in [-0.39, 0.29) is 17.9 Å². The van der Waals surface area contributed by atoms with Crippen molar-refractivity contribution in [3.63, 3.8) is 0 Å². The number of hydrogen-bond donors (Lipinski definition) is 2. The highest BCUT2D eigenvalue weighted by molar-refractivity contribution is 6.31. The molecule has 31 heavy (non-hydrogen) atoms. The minimum Gasteiger partial charge on any atom is -0.356 e. The molecule has 2 N–H and O–H groups in total. The smallest absolute Gasteiger partial charge is 0.322 e. The maximum Gasteiger partial charge on any atom is 0.322 e. The molecular formula is C25H21ClFN3O. The Bertz CT molecular complexity index is 1260. The van der Waals surface area contributed by atoms with Crippen molar-refractivity contribution in [1.82, 2.24) is 9.88 Å². The lowest BCUT2D eigenvalue weighted by Gasteiger charge is -2.36. The maximum atomic E-state index is 13.6. The van der Waals surface area contributed by atoms with Crippen LogP contribution in [0.5, 0.6) is 0 Å². The molecule has 156 valence electrons. The SMILES string of the molecule is Cc1ccc(NC(=O)N2CCc3c([nH]c4ccc(Cl)cc34)C2c2ccc(F)cc2)cc1. The summed E-state index contributed by atoms with van der Waals surface area (Å²) in [5.74, 6) is -0.307. The van der Waals surface area contributed by atoms with Gasteiger partial charge in [0.25, 0.3) is 0 Å². The van der Waals surface area contributed by atoms with Crippen molar-refractivity contribution < 1.29 is 9.18 Å². The fourth-order valence-corrected chi connectivity index (χ4v) is 4.48. The average molecular weight is 434 g/mol. The second kappa shape index (κ2) is 7.75. The van der Waals surface area contributed by atoms with E-state index in [1.807, 2.05) is 49.4 Å². The predicted molar refractivity (Wildman–Crippen MR) is 122 cm³/mol. The molecule has 6 heteroatoms. The Morgan fingerprint density at radius 2 is 1.84 bits per heavy atom. The topological polar surface area (TPSA) is 48.1 Å². The number of anilines is 1. The number of nitrogens with zero attached hydrogens (tertiary/aromatic N) is 1. The van der Waals surface area contributed by atoms with Gasteiger partial charge in [0.1, 0.15) is 5.82 Å². The number of fused-ring (bicyclic) bond motifs is 3. The number of halogens is 2. The van der Waals surface area contributed by atoms with Gasteiger partial charge in [-0.05, 0) is 66.9 Å². The van der Waals surface area contributed by atoms with Crippen LogP contribution >= 0.6 is 11.6 Å². The number of H-pyrrole nitrogens is 1. The van der Waals surface area contributed by atoms with Gasteiger partial charge < -0.3 is 15.2 Å². The average Bonchev–Trinajstić information content (AvgIpc) is 3.13. The minimum absolute atomic E-state index is 0.194. The van der Waals surface area contributed by atoms with Gasteiger partial charge in [-0.2, -0.15) is 0 Å². The Labute approximate surface area is 184 Å². The van der Waals surface area contributed by atoms with E-state index in [1.165, 1.54) is 12.1 Å². The van der Waals surface area contributed by atoms with Crippen molar-refractivity contribution in [3.05, 3.63) is 100.0 Å². The molecule has 1 unspecified atom stereocenters. The second-order valence-corrected chi connectivity index (χ2v) is 8.34. The van der Waals surface area contributed by atoms with E-state index < -0.39 is 0 Å².